The molecular formula is C25H26ClN3O3. The summed E-state index contributed by atoms with van der Waals surface area (Å²) in [6, 6.07) is 16.7. The second kappa shape index (κ2) is 10.0. The zero-order chi connectivity index (χ0) is 22.5. The van der Waals surface area contributed by atoms with Gasteiger partial charge in [-0.15, -0.1) is 0 Å². The van der Waals surface area contributed by atoms with Crippen molar-refractivity contribution < 1.29 is 14.4 Å². The highest BCUT2D eigenvalue weighted by molar-refractivity contribution is 6.48. The number of rotatable bonds is 7. The van der Waals surface area contributed by atoms with E-state index >= 15 is 0 Å². The van der Waals surface area contributed by atoms with Gasteiger partial charge in [0.25, 0.3) is 17.7 Å². The molecule has 0 saturated heterocycles. The summed E-state index contributed by atoms with van der Waals surface area (Å²) in [5.74, 6) is -1.12. The van der Waals surface area contributed by atoms with Gasteiger partial charge in [-0.25, -0.2) is 0 Å². The van der Waals surface area contributed by atoms with E-state index in [4.69, 9.17) is 11.6 Å². The van der Waals surface area contributed by atoms with Crippen molar-refractivity contribution in [2.24, 2.45) is 0 Å². The van der Waals surface area contributed by atoms with E-state index in [1.165, 1.54) is 6.42 Å². The fourth-order valence-corrected chi connectivity index (χ4v) is 4.37. The normalized spacial score (nSPS) is 17.1. The number of hydrogen-bond acceptors (Lipinski definition) is 4. The third kappa shape index (κ3) is 5.02. The summed E-state index contributed by atoms with van der Waals surface area (Å²) in [6.07, 6.45) is 6.04. The van der Waals surface area contributed by atoms with Gasteiger partial charge in [-0.1, -0.05) is 67.3 Å². The first-order chi connectivity index (χ1) is 15.5. The average molecular weight is 452 g/mol. The number of carbonyl (C=O) groups excluding carboxylic acids is 3. The molecule has 0 atom stereocenters. The van der Waals surface area contributed by atoms with Crippen LogP contribution in [0.3, 0.4) is 0 Å². The maximum absolute atomic E-state index is 12.9. The van der Waals surface area contributed by atoms with Gasteiger partial charge in [0.15, 0.2) is 0 Å². The van der Waals surface area contributed by atoms with Crippen molar-refractivity contribution in [3.05, 3.63) is 76.5 Å². The van der Waals surface area contributed by atoms with Gasteiger partial charge >= 0.3 is 0 Å². The molecule has 7 heteroatoms. The predicted molar refractivity (Wildman–Crippen MR) is 124 cm³/mol. The Morgan fingerprint density at radius 1 is 0.969 bits per heavy atom. The van der Waals surface area contributed by atoms with Crippen LogP contribution in [0.15, 0.2) is 65.3 Å². The van der Waals surface area contributed by atoms with Crippen LogP contribution in [0, 0.1) is 0 Å². The van der Waals surface area contributed by atoms with Gasteiger partial charge in [0, 0.05) is 23.8 Å². The molecule has 4 rings (SSSR count). The number of anilines is 1. The maximum Gasteiger partial charge on any atom is 0.278 e. The van der Waals surface area contributed by atoms with Crippen LogP contribution in [0.5, 0.6) is 0 Å². The molecule has 1 aliphatic heterocycles. The number of amides is 3. The first kappa shape index (κ1) is 22.1. The topological polar surface area (TPSA) is 78.5 Å². The molecule has 1 saturated carbocycles. The minimum atomic E-state index is -0.513. The highest BCUT2D eigenvalue weighted by Gasteiger charge is 2.37. The van der Waals surface area contributed by atoms with E-state index in [-0.39, 0.29) is 29.2 Å². The third-order valence-corrected chi connectivity index (χ3v) is 6.26. The zero-order valence-corrected chi connectivity index (χ0v) is 18.5. The number of benzene rings is 2. The van der Waals surface area contributed by atoms with E-state index < -0.39 is 11.8 Å². The fraction of sp³-hybridized carbons (Fsp3) is 0.320. The van der Waals surface area contributed by atoms with Crippen molar-refractivity contribution in [3.8, 4) is 0 Å². The van der Waals surface area contributed by atoms with Gasteiger partial charge in [-0.2, -0.15) is 0 Å². The van der Waals surface area contributed by atoms with Crippen LogP contribution < -0.4 is 10.6 Å². The Labute approximate surface area is 192 Å². The first-order valence-corrected chi connectivity index (χ1v) is 11.4. The Morgan fingerprint density at radius 3 is 2.47 bits per heavy atom. The highest BCUT2D eigenvalue weighted by atomic mass is 35.5. The van der Waals surface area contributed by atoms with Crippen molar-refractivity contribution in [1.29, 1.82) is 0 Å². The monoisotopic (exact) mass is 451 g/mol. The van der Waals surface area contributed by atoms with Crippen molar-refractivity contribution in [3.63, 3.8) is 0 Å². The summed E-state index contributed by atoms with van der Waals surface area (Å²) in [6.45, 7) is 0.243. The number of nitrogens with zero attached hydrogens (tertiary/aromatic N) is 1. The SMILES string of the molecule is O=C(NC1CCCCC1)c1cccc(NC2=C(Cl)C(=O)N(CCc3ccccc3)C2=O)c1. The quantitative estimate of drug-likeness (QED) is 0.618. The zero-order valence-electron chi connectivity index (χ0n) is 17.8. The van der Waals surface area contributed by atoms with E-state index in [1.54, 1.807) is 24.3 Å². The minimum absolute atomic E-state index is 0.0366. The molecule has 3 amide bonds. The molecule has 2 N–H and O–H groups in total. The van der Waals surface area contributed by atoms with Gasteiger partial charge in [0.2, 0.25) is 0 Å². The lowest BCUT2D eigenvalue weighted by Crippen LogP contribution is -2.36. The van der Waals surface area contributed by atoms with E-state index in [0.29, 0.717) is 17.7 Å². The van der Waals surface area contributed by atoms with Crippen molar-refractivity contribution in [2.45, 2.75) is 44.6 Å². The summed E-state index contributed by atoms with van der Waals surface area (Å²) < 4.78 is 0. The molecule has 2 aliphatic rings. The van der Waals surface area contributed by atoms with E-state index in [1.807, 2.05) is 30.3 Å². The standard InChI is InChI=1S/C25H26ClN3O3/c26-21-22(25(32)29(24(21)31)15-14-17-8-3-1-4-9-17)27-20-13-7-10-18(16-20)23(30)28-19-11-5-2-6-12-19/h1,3-4,7-10,13,16,19,27H,2,5-6,11-12,14-15H2,(H,28,30). The van der Waals surface area contributed by atoms with Crippen LogP contribution in [-0.4, -0.2) is 35.2 Å². The van der Waals surface area contributed by atoms with Gasteiger partial charge in [-0.3, -0.25) is 19.3 Å². The van der Waals surface area contributed by atoms with Crippen LogP contribution >= 0.6 is 11.6 Å². The Balaban J connectivity index is 1.41. The lowest BCUT2D eigenvalue weighted by molar-refractivity contribution is -0.137. The minimum Gasteiger partial charge on any atom is -0.350 e. The largest absolute Gasteiger partial charge is 0.350 e. The molecule has 1 aliphatic carbocycles. The van der Waals surface area contributed by atoms with Gasteiger partial charge < -0.3 is 10.6 Å². The van der Waals surface area contributed by atoms with Crippen LogP contribution in [0.1, 0.15) is 48.0 Å². The molecule has 0 radical (unpaired) electrons. The van der Waals surface area contributed by atoms with Crippen LogP contribution in [0.4, 0.5) is 5.69 Å². The molecule has 6 nitrogen and oxygen atoms in total. The van der Waals surface area contributed by atoms with Gasteiger partial charge in [0.05, 0.1) is 0 Å². The summed E-state index contributed by atoms with van der Waals surface area (Å²) in [5.41, 5.74) is 2.09. The van der Waals surface area contributed by atoms with Crippen LogP contribution in [-0.2, 0) is 16.0 Å². The van der Waals surface area contributed by atoms with Crippen molar-refractivity contribution in [1.82, 2.24) is 10.2 Å². The molecule has 1 fully saturated rings. The molecule has 0 spiro atoms. The van der Waals surface area contributed by atoms with Crippen LogP contribution in [0.25, 0.3) is 0 Å². The molecule has 0 unspecified atom stereocenters. The first-order valence-electron chi connectivity index (χ1n) is 11.0. The van der Waals surface area contributed by atoms with Crippen LogP contribution in [0.2, 0.25) is 0 Å². The molecular weight excluding hydrogens is 426 g/mol. The second-order valence-electron chi connectivity index (χ2n) is 8.20. The van der Waals surface area contributed by atoms with E-state index in [9.17, 15) is 14.4 Å². The molecule has 0 aromatic heterocycles. The van der Waals surface area contributed by atoms with Crippen molar-refractivity contribution in [2.75, 3.05) is 11.9 Å². The fourth-order valence-electron chi connectivity index (χ4n) is 4.14. The van der Waals surface area contributed by atoms with E-state index in [0.717, 1.165) is 36.1 Å². The molecule has 166 valence electrons. The smallest absolute Gasteiger partial charge is 0.278 e. The molecule has 32 heavy (non-hydrogen) atoms. The Morgan fingerprint density at radius 2 is 1.72 bits per heavy atom. The number of hydrogen-bond donors (Lipinski definition) is 2. The average Bonchev–Trinajstić information content (AvgIpc) is 3.02. The molecule has 2 aromatic carbocycles. The number of nitrogens with one attached hydrogen (secondary N) is 2. The molecule has 0 bridgehead atoms. The lowest BCUT2D eigenvalue weighted by Gasteiger charge is -2.22. The summed E-state index contributed by atoms with van der Waals surface area (Å²) in [7, 11) is 0. The summed E-state index contributed by atoms with van der Waals surface area (Å²) in [4.78, 5) is 39.2. The third-order valence-electron chi connectivity index (χ3n) is 5.91. The molecule has 1 heterocycles. The summed E-state index contributed by atoms with van der Waals surface area (Å²) in [5, 5.41) is 5.90. The predicted octanol–water partition coefficient (Wildman–Crippen LogP) is 4.22. The Kier molecular flexibility index (Phi) is 6.90. The number of imide groups is 1. The van der Waals surface area contributed by atoms with E-state index in [2.05, 4.69) is 10.6 Å². The second-order valence-corrected chi connectivity index (χ2v) is 8.58. The Hall–Kier alpha value is -3.12. The number of carbonyl (C=O) groups is 3. The molecule has 2 aromatic rings. The van der Waals surface area contributed by atoms with Gasteiger partial charge in [0.1, 0.15) is 10.7 Å². The highest BCUT2D eigenvalue weighted by Crippen LogP contribution is 2.26. The van der Waals surface area contributed by atoms with Gasteiger partial charge in [-0.05, 0) is 43.0 Å². The van der Waals surface area contributed by atoms with Crippen molar-refractivity contribution >= 4 is 35.0 Å². The number of halogens is 1. The summed E-state index contributed by atoms with van der Waals surface area (Å²) >= 11 is 6.21. The maximum atomic E-state index is 12.9. The Bertz CT molecular complexity index is 1050. The lowest BCUT2D eigenvalue weighted by atomic mass is 9.95.